The predicted molar refractivity (Wildman–Crippen MR) is 73.4 cm³/mol. The second-order valence-corrected chi connectivity index (χ2v) is 6.05. The maximum Gasteiger partial charge on any atom is 0.0615 e. The standard InChI is InChI=1S/C14H30N2O/c1-7-13(4)11-16(12(3)9-17-6)14(5,8-2)10-15-13/h12,15H,7-11H2,1-6H3. The molecule has 0 aromatic heterocycles. The lowest BCUT2D eigenvalue weighted by molar-refractivity contribution is -0.0328. The zero-order valence-corrected chi connectivity index (χ0v) is 12.5. The topological polar surface area (TPSA) is 24.5 Å². The van der Waals surface area contributed by atoms with Crippen LogP contribution in [-0.2, 0) is 4.74 Å². The van der Waals surface area contributed by atoms with Gasteiger partial charge in [-0.3, -0.25) is 4.90 Å². The molecule has 0 saturated carbocycles. The Morgan fingerprint density at radius 2 is 1.94 bits per heavy atom. The molecule has 3 nitrogen and oxygen atoms in total. The first-order chi connectivity index (χ1) is 7.90. The van der Waals surface area contributed by atoms with Crippen LogP contribution in [0.3, 0.4) is 0 Å². The van der Waals surface area contributed by atoms with Gasteiger partial charge in [0.15, 0.2) is 0 Å². The lowest BCUT2D eigenvalue weighted by Gasteiger charge is -2.54. The number of hydrogen-bond donors (Lipinski definition) is 1. The van der Waals surface area contributed by atoms with Gasteiger partial charge in [0.25, 0.3) is 0 Å². The molecule has 0 radical (unpaired) electrons. The highest BCUT2D eigenvalue weighted by atomic mass is 16.5. The van der Waals surface area contributed by atoms with Gasteiger partial charge in [0.2, 0.25) is 0 Å². The summed E-state index contributed by atoms with van der Waals surface area (Å²) in [5.41, 5.74) is 0.503. The van der Waals surface area contributed by atoms with Crippen molar-refractivity contribution in [2.75, 3.05) is 26.8 Å². The van der Waals surface area contributed by atoms with Crippen LogP contribution in [0.5, 0.6) is 0 Å². The van der Waals surface area contributed by atoms with Gasteiger partial charge < -0.3 is 10.1 Å². The molecule has 1 aliphatic heterocycles. The summed E-state index contributed by atoms with van der Waals surface area (Å²) in [5, 5.41) is 3.73. The fourth-order valence-corrected chi connectivity index (χ4v) is 2.71. The van der Waals surface area contributed by atoms with Crippen molar-refractivity contribution in [2.45, 2.75) is 64.6 Å². The number of ether oxygens (including phenoxy) is 1. The highest BCUT2D eigenvalue weighted by Gasteiger charge is 2.42. The van der Waals surface area contributed by atoms with E-state index >= 15 is 0 Å². The molecule has 1 heterocycles. The van der Waals surface area contributed by atoms with Gasteiger partial charge in [-0.2, -0.15) is 0 Å². The predicted octanol–water partition coefficient (Wildman–Crippen LogP) is 2.26. The minimum Gasteiger partial charge on any atom is -0.383 e. The summed E-state index contributed by atoms with van der Waals surface area (Å²) in [5.74, 6) is 0. The van der Waals surface area contributed by atoms with Gasteiger partial charge in [0.1, 0.15) is 0 Å². The van der Waals surface area contributed by atoms with Crippen molar-refractivity contribution in [2.24, 2.45) is 0 Å². The number of nitrogens with zero attached hydrogens (tertiary/aromatic N) is 1. The fourth-order valence-electron chi connectivity index (χ4n) is 2.71. The highest BCUT2D eigenvalue weighted by Crippen LogP contribution is 2.30. The fraction of sp³-hybridized carbons (Fsp3) is 1.00. The minimum absolute atomic E-state index is 0.247. The van der Waals surface area contributed by atoms with Crippen molar-refractivity contribution < 1.29 is 4.74 Å². The average molecular weight is 242 g/mol. The number of rotatable bonds is 5. The molecule has 102 valence electrons. The SMILES string of the molecule is CCC1(C)CN(C(C)COC)C(C)(CC)CN1. The van der Waals surface area contributed by atoms with Crippen molar-refractivity contribution in [3.05, 3.63) is 0 Å². The summed E-state index contributed by atoms with van der Waals surface area (Å²) < 4.78 is 5.33. The highest BCUT2D eigenvalue weighted by molar-refractivity contribution is 5.02. The van der Waals surface area contributed by atoms with E-state index in [1.807, 2.05) is 0 Å². The Morgan fingerprint density at radius 1 is 1.29 bits per heavy atom. The maximum absolute atomic E-state index is 5.33. The molecule has 3 unspecified atom stereocenters. The Hall–Kier alpha value is -0.120. The van der Waals surface area contributed by atoms with Crippen molar-refractivity contribution in [3.8, 4) is 0 Å². The van der Waals surface area contributed by atoms with Crippen molar-refractivity contribution in [1.29, 1.82) is 0 Å². The molecule has 17 heavy (non-hydrogen) atoms. The van der Waals surface area contributed by atoms with E-state index in [-0.39, 0.29) is 11.1 Å². The summed E-state index contributed by atoms with van der Waals surface area (Å²) in [7, 11) is 1.79. The molecule has 0 aromatic rings. The van der Waals surface area contributed by atoms with E-state index in [1.165, 1.54) is 12.8 Å². The molecule has 1 rings (SSSR count). The van der Waals surface area contributed by atoms with E-state index in [2.05, 4.69) is 44.8 Å². The van der Waals surface area contributed by atoms with Crippen LogP contribution in [0.25, 0.3) is 0 Å². The first kappa shape index (κ1) is 14.9. The van der Waals surface area contributed by atoms with Crippen LogP contribution in [-0.4, -0.2) is 48.8 Å². The zero-order valence-electron chi connectivity index (χ0n) is 12.5. The van der Waals surface area contributed by atoms with Gasteiger partial charge in [-0.1, -0.05) is 13.8 Å². The molecular weight excluding hydrogens is 212 g/mol. The quantitative estimate of drug-likeness (QED) is 0.800. The third-order valence-electron chi connectivity index (χ3n) is 4.59. The van der Waals surface area contributed by atoms with Crippen molar-refractivity contribution in [1.82, 2.24) is 10.2 Å². The Labute approximate surface area is 107 Å². The Morgan fingerprint density at radius 3 is 2.41 bits per heavy atom. The summed E-state index contributed by atoms with van der Waals surface area (Å²) in [6.07, 6.45) is 2.34. The van der Waals surface area contributed by atoms with Crippen LogP contribution < -0.4 is 5.32 Å². The Balaban J connectivity index is 2.83. The Kier molecular flexibility index (Phi) is 4.99. The molecule has 0 amide bonds. The average Bonchev–Trinajstić information content (AvgIpc) is 2.33. The lowest BCUT2D eigenvalue weighted by atomic mass is 9.84. The zero-order chi connectivity index (χ0) is 13.1. The third-order valence-corrected chi connectivity index (χ3v) is 4.59. The second-order valence-electron chi connectivity index (χ2n) is 6.05. The van der Waals surface area contributed by atoms with E-state index in [1.54, 1.807) is 7.11 Å². The summed E-state index contributed by atoms with van der Waals surface area (Å²) in [6, 6.07) is 0.484. The van der Waals surface area contributed by atoms with E-state index < -0.39 is 0 Å². The van der Waals surface area contributed by atoms with Gasteiger partial charge >= 0.3 is 0 Å². The van der Waals surface area contributed by atoms with Crippen molar-refractivity contribution in [3.63, 3.8) is 0 Å². The molecule has 0 bridgehead atoms. The van der Waals surface area contributed by atoms with E-state index in [0.717, 1.165) is 19.7 Å². The second kappa shape index (κ2) is 5.68. The first-order valence-electron chi connectivity index (χ1n) is 6.91. The van der Waals surface area contributed by atoms with Crippen LogP contribution in [0.4, 0.5) is 0 Å². The molecule has 1 aliphatic rings. The minimum atomic E-state index is 0.247. The van der Waals surface area contributed by atoms with Gasteiger partial charge in [-0.15, -0.1) is 0 Å². The maximum atomic E-state index is 5.33. The monoisotopic (exact) mass is 242 g/mol. The van der Waals surface area contributed by atoms with Crippen LogP contribution in [0, 0.1) is 0 Å². The van der Waals surface area contributed by atoms with Crippen LogP contribution in [0.2, 0.25) is 0 Å². The van der Waals surface area contributed by atoms with Gasteiger partial charge in [-0.25, -0.2) is 0 Å². The molecule has 1 fully saturated rings. The number of nitrogens with one attached hydrogen (secondary N) is 1. The van der Waals surface area contributed by atoms with Gasteiger partial charge in [-0.05, 0) is 33.6 Å². The largest absolute Gasteiger partial charge is 0.383 e. The summed E-state index contributed by atoms with van der Waals surface area (Å²) >= 11 is 0. The van der Waals surface area contributed by atoms with Gasteiger partial charge in [0.05, 0.1) is 6.61 Å². The third kappa shape index (κ3) is 3.21. The molecule has 1 N–H and O–H groups in total. The van der Waals surface area contributed by atoms with Crippen LogP contribution >= 0.6 is 0 Å². The normalized spacial score (nSPS) is 37.1. The van der Waals surface area contributed by atoms with Gasteiger partial charge in [0, 0.05) is 37.3 Å². The lowest BCUT2D eigenvalue weighted by Crippen LogP contribution is -2.70. The molecule has 0 aliphatic carbocycles. The summed E-state index contributed by atoms with van der Waals surface area (Å²) in [6.45, 7) is 14.5. The number of hydrogen-bond acceptors (Lipinski definition) is 3. The van der Waals surface area contributed by atoms with E-state index in [0.29, 0.717) is 6.04 Å². The van der Waals surface area contributed by atoms with Crippen LogP contribution in [0.1, 0.15) is 47.5 Å². The van der Waals surface area contributed by atoms with E-state index in [4.69, 9.17) is 4.74 Å². The smallest absolute Gasteiger partial charge is 0.0615 e. The van der Waals surface area contributed by atoms with E-state index in [9.17, 15) is 0 Å². The van der Waals surface area contributed by atoms with Crippen molar-refractivity contribution >= 4 is 0 Å². The first-order valence-corrected chi connectivity index (χ1v) is 6.91. The number of methoxy groups -OCH3 is 1. The molecule has 3 atom stereocenters. The summed E-state index contributed by atoms with van der Waals surface area (Å²) in [4.78, 5) is 2.64. The Bertz CT molecular complexity index is 246. The molecular formula is C14H30N2O. The molecule has 0 aromatic carbocycles. The van der Waals surface area contributed by atoms with Crippen LogP contribution in [0.15, 0.2) is 0 Å². The molecule has 1 saturated heterocycles. The molecule has 3 heteroatoms. The number of piperazine rings is 1. The molecule has 0 spiro atoms.